The number of amides is 2. The first kappa shape index (κ1) is 19.9. The number of carbonyl (C=O) groups excluding carboxylic acids is 2. The molecule has 7 heteroatoms. The van der Waals surface area contributed by atoms with E-state index >= 15 is 0 Å². The van der Waals surface area contributed by atoms with E-state index in [0.717, 1.165) is 12.1 Å². The van der Waals surface area contributed by atoms with Gasteiger partial charge in [-0.3, -0.25) is 4.79 Å². The van der Waals surface area contributed by atoms with Gasteiger partial charge < -0.3 is 15.0 Å². The molecular formula is C17H24F2N2O3. The molecule has 2 amide bonds. The van der Waals surface area contributed by atoms with E-state index in [0.29, 0.717) is 5.56 Å². The van der Waals surface area contributed by atoms with Gasteiger partial charge in [-0.15, -0.1) is 0 Å². The maximum Gasteiger partial charge on any atom is 0.410 e. The lowest BCUT2D eigenvalue weighted by Gasteiger charge is -2.24. The molecular weight excluding hydrogens is 318 g/mol. The third-order valence-corrected chi connectivity index (χ3v) is 3.20. The summed E-state index contributed by atoms with van der Waals surface area (Å²) >= 11 is 0. The van der Waals surface area contributed by atoms with Crippen molar-refractivity contribution in [1.29, 1.82) is 0 Å². The summed E-state index contributed by atoms with van der Waals surface area (Å²) in [5.74, 6) is -2.39. The van der Waals surface area contributed by atoms with Crippen LogP contribution in [0.5, 0.6) is 0 Å². The van der Waals surface area contributed by atoms with Gasteiger partial charge >= 0.3 is 6.09 Å². The summed E-state index contributed by atoms with van der Waals surface area (Å²) in [4.78, 5) is 24.8. The van der Waals surface area contributed by atoms with E-state index in [4.69, 9.17) is 4.74 Å². The lowest BCUT2D eigenvalue weighted by atomic mass is 10.0. The van der Waals surface area contributed by atoms with Gasteiger partial charge in [0.25, 0.3) is 0 Å². The quantitative estimate of drug-likeness (QED) is 0.895. The largest absolute Gasteiger partial charge is 0.444 e. The molecule has 134 valence electrons. The molecule has 1 N–H and O–H groups in total. The molecule has 1 atom stereocenters. The molecule has 0 bridgehead atoms. The number of hydrogen-bond acceptors (Lipinski definition) is 3. The number of hydrogen-bond donors (Lipinski definition) is 1. The highest BCUT2D eigenvalue weighted by atomic mass is 19.2. The van der Waals surface area contributed by atoms with Crippen LogP contribution in [0.2, 0.25) is 0 Å². The van der Waals surface area contributed by atoms with Crippen molar-refractivity contribution in [3.63, 3.8) is 0 Å². The van der Waals surface area contributed by atoms with E-state index in [2.05, 4.69) is 5.32 Å². The van der Waals surface area contributed by atoms with Crippen molar-refractivity contribution in [2.75, 3.05) is 20.1 Å². The normalized spacial score (nSPS) is 12.5. The molecule has 0 heterocycles. The Bertz CT molecular complexity index is 600. The number of ether oxygens (including phenoxy) is 1. The van der Waals surface area contributed by atoms with Crippen molar-refractivity contribution in [2.24, 2.45) is 0 Å². The van der Waals surface area contributed by atoms with Gasteiger partial charge in [0.15, 0.2) is 11.6 Å². The Morgan fingerprint density at radius 1 is 1.25 bits per heavy atom. The molecule has 5 nitrogen and oxygen atoms in total. The zero-order valence-electron chi connectivity index (χ0n) is 14.7. The Morgan fingerprint density at radius 3 is 2.42 bits per heavy atom. The third kappa shape index (κ3) is 6.52. The van der Waals surface area contributed by atoms with Crippen LogP contribution >= 0.6 is 0 Å². The summed E-state index contributed by atoms with van der Waals surface area (Å²) in [5, 5.41) is 2.66. The second kappa shape index (κ2) is 8.08. The molecule has 1 rings (SSSR count). The van der Waals surface area contributed by atoms with Gasteiger partial charge in [0.05, 0.1) is 0 Å². The first-order chi connectivity index (χ1) is 11.0. The smallest absolute Gasteiger partial charge is 0.410 e. The molecule has 1 aromatic carbocycles. The van der Waals surface area contributed by atoms with Crippen molar-refractivity contribution < 1.29 is 23.1 Å². The highest BCUT2D eigenvalue weighted by molar-refractivity contribution is 5.82. The average Bonchev–Trinajstić information content (AvgIpc) is 2.45. The van der Waals surface area contributed by atoms with Crippen molar-refractivity contribution in [1.82, 2.24) is 10.2 Å². The maximum atomic E-state index is 13.2. The van der Waals surface area contributed by atoms with E-state index in [1.54, 1.807) is 27.7 Å². The topological polar surface area (TPSA) is 58.6 Å². The van der Waals surface area contributed by atoms with E-state index in [-0.39, 0.29) is 24.9 Å². The fraction of sp³-hybridized carbons (Fsp3) is 0.529. The number of benzene rings is 1. The first-order valence-corrected chi connectivity index (χ1v) is 7.65. The van der Waals surface area contributed by atoms with E-state index in [1.807, 2.05) is 0 Å². The first-order valence-electron chi connectivity index (χ1n) is 7.65. The minimum atomic E-state index is -0.921. The number of likely N-dealkylation sites (N-methyl/N-ethyl adjacent to an activating group) is 1. The molecule has 24 heavy (non-hydrogen) atoms. The molecule has 0 spiro atoms. The summed E-state index contributed by atoms with van der Waals surface area (Å²) in [6.45, 7) is 7.09. The Hall–Kier alpha value is -2.18. The monoisotopic (exact) mass is 342 g/mol. The highest BCUT2D eigenvalue weighted by Crippen LogP contribution is 2.17. The summed E-state index contributed by atoms with van der Waals surface area (Å²) < 4.78 is 31.3. The van der Waals surface area contributed by atoms with Crippen molar-refractivity contribution in [2.45, 2.75) is 39.2 Å². The lowest BCUT2D eigenvalue weighted by Crippen LogP contribution is -2.41. The molecule has 0 aromatic heterocycles. The Morgan fingerprint density at radius 2 is 1.88 bits per heavy atom. The van der Waals surface area contributed by atoms with Gasteiger partial charge in [-0.25, -0.2) is 13.6 Å². The molecule has 0 fully saturated rings. The predicted molar refractivity (Wildman–Crippen MR) is 86.6 cm³/mol. The van der Waals surface area contributed by atoms with Crippen LogP contribution in [-0.2, 0) is 9.53 Å². The molecule has 0 saturated carbocycles. The van der Waals surface area contributed by atoms with Crippen molar-refractivity contribution >= 4 is 12.0 Å². The van der Waals surface area contributed by atoms with E-state index in [1.165, 1.54) is 18.0 Å². The average molecular weight is 342 g/mol. The fourth-order valence-electron chi connectivity index (χ4n) is 1.88. The summed E-state index contributed by atoms with van der Waals surface area (Å²) in [6, 6.07) is 3.64. The van der Waals surface area contributed by atoms with Crippen LogP contribution < -0.4 is 5.32 Å². The maximum absolute atomic E-state index is 13.2. The molecule has 0 aliphatic carbocycles. The zero-order chi connectivity index (χ0) is 18.5. The molecule has 0 aliphatic rings. The standard InChI is InChI=1S/C17H24F2N2O3/c1-11(12-6-7-13(18)14(19)8-12)9-20-15(22)10-21(5)16(23)24-17(2,3)4/h6-8,11H,9-10H2,1-5H3,(H,20,22). The van der Waals surface area contributed by atoms with Gasteiger partial charge in [0.2, 0.25) is 5.91 Å². The SMILES string of the molecule is CC(CNC(=O)CN(C)C(=O)OC(C)(C)C)c1ccc(F)c(F)c1. The second-order valence-electron chi connectivity index (χ2n) is 6.72. The lowest BCUT2D eigenvalue weighted by molar-refractivity contribution is -0.122. The van der Waals surface area contributed by atoms with Crippen LogP contribution in [0.3, 0.4) is 0 Å². The van der Waals surface area contributed by atoms with Crippen LogP contribution in [0.1, 0.15) is 39.2 Å². The minimum absolute atomic E-state index is 0.153. The van der Waals surface area contributed by atoms with Gasteiger partial charge in [0, 0.05) is 13.6 Å². The fourth-order valence-corrected chi connectivity index (χ4v) is 1.88. The highest BCUT2D eigenvalue weighted by Gasteiger charge is 2.21. The molecule has 0 radical (unpaired) electrons. The number of nitrogens with one attached hydrogen (secondary N) is 1. The van der Waals surface area contributed by atoms with Crippen LogP contribution in [0.25, 0.3) is 0 Å². The number of rotatable bonds is 5. The van der Waals surface area contributed by atoms with Gasteiger partial charge in [-0.2, -0.15) is 0 Å². The Labute approximate surface area is 141 Å². The third-order valence-electron chi connectivity index (χ3n) is 3.20. The molecule has 0 saturated heterocycles. The van der Waals surface area contributed by atoms with Gasteiger partial charge in [-0.05, 0) is 44.4 Å². The van der Waals surface area contributed by atoms with Crippen LogP contribution in [0.4, 0.5) is 13.6 Å². The molecule has 1 aromatic rings. The van der Waals surface area contributed by atoms with E-state index < -0.39 is 23.3 Å². The summed E-state index contributed by atoms with van der Waals surface area (Å²) in [5.41, 5.74) is -0.0575. The predicted octanol–water partition coefficient (Wildman–Crippen LogP) is 3.05. The Kier molecular flexibility index (Phi) is 6.69. The van der Waals surface area contributed by atoms with Crippen LogP contribution in [0.15, 0.2) is 18.2 Å². The Balaban J connectivity index is 2.47. The number of nitrogens with zero attached hydrogens (tertiary/aromatic N) is 1. The number of carbonyl (C=O) groups is 2. The number of halogens is 2. The molecule has 0 aliphatic heterocycles. The van der Waals surface area contributed by atoms with Crippen LogP contribution in [-0.4, -0.2) is 42.6 Å². The van der Waals surface area contributed by atoms with Crippen molar-refractivity contribution in [3.05, 3.63) is 35.4 Å². The summed E-state index contributed by atoms with van der Waals surface area (Å²) in [7, 11) is 1.46. The van der Waals surface area contributed by atoms with Crippen LogP contribution in [0, 0.1) is 11.6 Å². The minimum Gasteiger partial charge on any atom is -0.444 e. The van der Waals surface area contributed by atoms with Gasteiger partial charge in [-0.1, -0.05) is 13.0 Å². The van der Waals surface area contributed by atoms with Gasteiger partial charge in [0.1, 0.15) is 12.1 Å². The zero-order valence-corrected chi connectivity index (χ0v) is 14.7. The molecule has 1 unspecified atom stereocenters. The second-order valence-corrected chi connectivity index (χ2v) is 6.72. The van der Waals surface area contributed by atoms with Crippen molar-refractivity contribution in [3.8, 4) is 0 Å². The summed E-state index contributed by atoms with van der Waals surface area (Å²) in [6.07, 6.45) is -0.591. The van der Waals surface area contributed by atoms with E-state index in [9.17, 15) is 18.4 Å².